The largest absolute Gasteiger partial charge is 0.360 e. The Labute approximate surface area is 186 Å². The van der Waals surface area contributed by atoms with Crippen molar-refractivity contribution in [3.63, 3.8) is 0 Å². The SMILES string of the molecule is Cc1cc(NS(=O)(=O)c2ccc(Nc3nc(-c4ccc(Cl)cc4Cl)cs3)cc2)no1. The van der Waals surface area contributed by atoms with E-state index in [1.165, 1.54) is 29.5 Å². The molecule has 2 N–H and O–H groups in total. The number of aromatic nitrogens is 2. The molecule has 0 aliphatic heterocycles. The molecule has 2 aromatic carbocycles. The molecule has 2 heterocycles. The number of sulfonamides is 1. The van der Waals surface area contributed by atoms with Crippen LogP contribution in [-0.4, -0.2) is 18.6 Å². The summed E-state index contributed by atoms with van der Waals surface area (Å²) in [6.07, 6.45) is 0. The van der Waals surface area contributed by atoms with Gasteiger partial charge in [0.25, 0.3) is 10.0 Å². The Morgan fingerprint density at radius 3 is 2.50 bits per heavy atom. The molecule has 11 heteroatoms. The molecule has 0 spiro atoms. The number of halogens is 2. The summed E-state index contributed by atoms with van der Waals surface area (Å²) in [5, 5.41) is 10.4. The van der Waals surface area contributed by atoms with Crippen molar-refractivity contribution in [1.29, 1.82) is 0 Å². The summed E-state index contributed by atoms with van der Waals surface area (Å²) >= 11 is 13.6. The average molecular weight is 481 g/mol. The Kier molecular flexibility index (Phi) is 5.70. The van der Waals surface area contributed by atoms with E-state index in [0.717, 1.165) is 11.3 Å². The maximum absolute atomic E-state index is 12.5. The molecule has 0 amide bonds. The predicted octanol–water partition coefficient (Wildman–Crippen LogP) is 5.96. The molecule has 0 bridgehead atoms. The first kappa shape index (κ1) is 20.7. The van der Waals surface area contributed by atoms with Gasteiger partial charge in [-0.05, 0) is 49.4 Å². The highest BCUT2D eigenvalue weighted by atomic mass is 35.5. The topological polar surface area (TPSA) is 97.1 Å². The summed E-state index contributed by atoms with van der Waals surface area (Å²) in [4.78, 5) is 4.62. The van der Waals surface area contributed by atoms with Crippen LogP contribution in [-0.2, 0) is 10.0 Å². The number of nitrogens with zero attached hydrogens (tertiary/aromatic N) is 2. The number of hydrogen-bond acceptors (Lipinski definition) is 7. The van der Waals surface area contributed by atoms with Crippen molar-refractivity contribution in [2.24, 2.45) is 0 Å². The van der Waals surface area contributed by atoms with Gasteiger partial charge in [-0.15, -0.1) is 11.3 Å². The Balaban J connectivity index is 1.48. The van der Waals surface area contributed by atoms with Crippen LogP contribution in [0, 0.1) is 6.92 Å². The van der Waals surface area contributed by atoms with Crippen molar-refractivity contribution in [2.45, 2.75) is 11.8 Å². The first-order chi connectivity index (χ1) is 14.3. The zero-order valence-electron chi connectivity index (χ0n) is 15.4. The Morgan fingerprint density at radius 1 is 1.07 bits per heavy atom. The molecule has 0 fully saturated rings. The third-order valence-corrected chi connectivity index (χ3v) is 6.67. The Hall–Kier alpha value is -2.59. The van der Waals surface area contributed by atoms with Crippen LogP contribution in [0.3, 0.4) is 0 Å². The summed E-state index contributed by atoms with van der Waals surface area (Å²) < 4.78 is 32.1. The predicted molar refractivity (Wildman–Crippen MR) is 119 cm³/mol. The quantitative estimate of drug-likeness (QED) is 0.353. The number of thiazole rings is 1. The second-order valence-corrected chi connectivity index (χ2v) is 9.62. The first-order valence-electron chi connectivity index (χ1n) is 8.54. The zero-order valence-corrected chi connectivity index (χ0v) is 18.5. The number of rotatable bonds is 6. The highest BCUT2D eigenvalue weighted by Gasteiger charge is 2.16. The molecule has 0 radical (unpaired) electrons. The number of hydrogen-bond donors (Lipinski definition) is 2. The van der Waals surface area contributed by atoms with Gasteiger partial charge in [0.15, 0.2) is 10.9 Å². The highest BCUT2D eigenvalue weighted by molar-refractivity contribution is 7.92. The minimum absolute atomic E-state index is 0.0986. The van der Waals surface area contributed by atoms with E-state index >= 15 is 0 Å². The van der Waals surface area contributed by atoms with Crippen molar-refractivity contribution in [3.05, 3.63) is 69.7 Å². The molecule has 7 nitrogen and oxygen atoms in total. The molecular formula is C19H14Cl2N4O3S2. The smallest absolute Gasteiger partial charge is 0.263 e. The molecule has 0 atom stereocenters. The number of aryl methyl sites for hydroxylation is 1. The van der Waals surface area contributed by atoms with Gasteiger partial charge in [0, 0.05) is 27.7 Å². The molecule has 0 unspecified atom stereocenters. The van der Waals surface area contributed by atoms with E-state index in [9.17, 15) is 8.42 Å². The van der Waals surface area contributed by atoms with Crippen LogP contribution < -0.4 is 10.0 Å². The number of benzene rings is 2. The summed E-state index contributed by atoms with van der Waals surface area (Å²) in [5.41, 5.74) is 2.19. The zero-order chi connectivity index (χ0) is 21.3. The van der Waals surface area contributed by atoms with E-state index in [2.05, 4.69) is 20.2 Å². The van der Waals surface area contributed by atoms with Gasteiger partial charge in [-0.3, -0.25) is 4.72 Å². The molecule has 0 saturated heterocycles. The van der Waals surface area contributed by atoms with E-state index in [-0.39, 0.29) is 10.7 Å². The summed E-state index contributed by atoms with van der Waals surface area (Å²) in [6.45, 7) is 1.68. The lowest BCUT2D eigenvalue weighted by molar-refractivity contribution is 0.400. The second-order valence-electron chi connectivity index (χ2n) is 6.24. The molecule has 0 saturated carbocycles. The van der Waals surface area contributed by atoms with Gasteiger partial charge < -0.3 is 9.84 Å². The lowest BCUT2D eigenvalue weighted by Crippen LogP contribution is -2.13. The van der Waals surface area contributed by atoms with Gasteiger partial charge in [0.1, 0.15) is 5.76 Å². The van der Waals surface area contributed by atoms with Gasteiger partial charge in [-0.1, -0.05) is 28.4 Å². The van der Waals surface area contributed by atoms with Crippen LogP contribution in [0.4, 0.5) is 16.6 Å². The fourth-order valence-electron chi connectivity index (χ4n) is 2.60. The van der Waals surface area contributed by atoms with Crippen LogP contribution in [0.25, 0.3) is 11.3 Å². The van der Waals surface area contributed by atoms with Crippen LogP contribution in [0.2, 0.25) is 10.0 Å². The second kappa shape index (κ2) is 8.27. The lowest BCUT2D eigenvalue weighted by atomic mass is 10.2. The Morgan fingerprint density at radius 2 is 1.83 bits per heavy atom. The third kappa shape index (κ3) is 4.59. The van der Waals surface area contributed by atoms with Crippen LogP contribution in [0.15, 0.2) is 63.3 Å². The molecule has 4 rings (SSSR count). The molecule has 0 aliphatic carbocycles. The molecule has 30 heavy (non-hydrogen) atoms. The van der Waals surface area contributed by atoms with Crippen LogP contribution in [0.1, 0.15) is 5.76 Å². The van der Waals surface area contributed by atoms with Crippen molar-refractivity contribution in [3.8, 4) is 11.3 Å². The number of nitrogens with one attached hydrogen (secondary N) is 2. The Bertz CT molecular complexity index is 1300. The summed E-state index contributed by atoms with van der Waals surface area (Å²) in [7, 11) is -3.77. The van der Waals surface area contributed by atoms with Crippen molar-refractivity contribution in [2.75, 3.05) is 10.0 Å². The van der Waals surface area contributed by atoms with E-state index in [1.54, 1.807) is 31.2 Å². The average Bonchev–Trinajstić information content (AvgIpc) is 3.31. The van der Waals surface area contributed by atoms with Gasteiger partial charge >= 0.3 is 0 Å². The molecular weight excluding hydrogens is 467 g/mol. The lowest BCUT2D eigenvalue weighted by Gasteiger charge is -2.07. The van der Waals surface area contributed by atoms with E-state index in [0.29, 0.717) is 26.6 Å². The summed E-state index contributed by atoms with van der Waals surface area (Å²) in [5.74, 6) is 0.640. The fourth-order valence-corrected chi connectivity index (χ4v) is 4.82. The minimum Gasteiger partial charge on any atom is -0.360 e. The maximum atomic E-state index is 12.5. The van der Waals surface area contributed by atoms with E-state index in [1.807, 2.05) is 11.4 Å². The fraction of sp³-hybridized carbons (Fsp3) is 0.0526. The monoisotopic (exact) mass is 480 g/mol. The normalized spacial score (nSPS) is 11.4. The van der Waals surface area contributed by atoms with Gasteiger partial charge in [0.05, 0.1) is 15.6 Å². The molecule has 2 aromatic heterocycles. The van der Waals surface area contributed by atoms with Crippen LogP contribution in [0.5, 0.6) is 0 Å². The van der Waals surface area contributed by atoms with Gasteiger partial charge in [-0.25, -0.2) is 13.4 Å². The molecule has 154 valence electrons. The van der Waals surface area contributed by atoms with Gasteiger partial charge in [0.2, 0.25) is 0 Å². The van der Waals surface area contributed by atoms with Crippen molar-refractivity contribution >= 4 is 61.2 Å². The van der Waals surface area contributed by atoms with E-state index < -0.39 is 10.0 Å². The van der Waals surface area contributed by atoms with Crippen molar-refractivity contribution in [1.82, 2.24) is 10.1 Å². The standard InChI is InChI=1S/C19H14Cl2N4O3S2/c1-11-8-18(24-28-11)25-30(26,27)14-5-3-13(4-6-14)22-19-23-17(10-29-19)15-7-2-12(20)9-16(15)21/h2-10H,1H3,(H,22,23)(H,24,25). The van der Waals surface area contributed by atoms with E-state index in [4.69, 9.17) is 27.7 Å². The number of anilines is 3. The first-order valence-corrected chi connectivity index (χ1v) is 11.7. The maximum Gasteiger partial charge on any atom is 0.263 e. The van der Waals surface area contributed by atoms with Gasteiger partial charge in [-0.2, -0.15) is 0 Å². The third-order valence-electron chi connectivity index (χ3n) is 3.99. The molecule has 4 aromatic rings. The van der Waals surface area contributed by atoms with Crippen LogP contribution >= 0.6 is 34.5 Å². The summed E-state index contributed by atoms with van der Waals surface area (Å²) in [6, 6.07) is 13.0. The minimum atomic E-state index is -3.77. The van der Waals surface area contributed by atoms with Crippen molar-refractivity contribution < 1.29 is 12.9 Å². The molecule has 0 aliphatic rings. The highest BCUT2D eigenvalue weighted by Crippen LogP contribution is 2.33.